The number of rotatable bonds is 2. The SMILES string of the molecule is OC[C@H](O)[C@H]1O[C@H](O)[C@H](O)[C@@H]1O. The predicted octanol–water partition coefficient (Wildman–Crippen LogP) is -3.22. The maximum atomic E-state index is 9.12. The van der Waals surface area contributed by atoms with Crippen molar-refractivity contribution < 1.29 is 30.3 Å². The van der Waals surface area contributed by atoms with Gasteiger partial charge in [-0.2, -0.15) is 0 Å². The van der Waals surface area contributed by atoms with Crippen LogP contribution in [0.5, 0.6) is 0 Å². The molecular formula is C6H12O6. The first-order valence-corrected chi connectivity index (χ1v) is 3.56. The van der Waals surface area contributed by atoms with Gasteiger partial charge in [0, 0.05) is 0 Å². The van der Waals surface area contributed by atoms with Gasteiger partial charge in [0.05, 0.1) is 6.61 Å². The molecule has 0 saturated carbocycles. The Morgan fingerprint density at radius 1 is 1.17 bits per heavy atom. The third kappa shape index (κ3) is 1.58. The average molecular weight is 180 g/mol. The van der Waals surface area contributed by atoms with Crippen molar-refractivity contribution in [2.45, 2.75) is 30.7 Å². The van der Waals surface area contributed by atoms with Crippen LogP contribution in [0.2, 0.25) is 0 Å². The molecule has 12 heavy (non-hydrogen) atoms. The number of aliphatic hydroxyl groups excluding tert-OH is 5. The molecule has 1 fully saturated rings. The Morgan fingerprint density at radius 2 is 1.75 bits per heavy atom. The molecule has 5 atom stereocenters. The summed E-state index contributed by atoms with van der Waals surface area (Å²) in [6, 6.07) is 0. The molecule has 0 unspecified atom stereocenters. The van der Waals surface area contributed by atoms with Gasteiger partial charge in [0.1, 0.15) is 24.4 Å². The predicted molar refractivity (Wildman–Crippen MR) is 36.0 cm³/mol. The van der Waals surface area contributed by atoms with Gasteiger partial charge in [-0.3, -0.25) is 0 Å². The molecule has 0 amide bonds. The maximum Gasteiger partial charge on any atom is 0.184 e. The lowest BCUT2D eigenvalue weighted by atomic mass is 10.1. The summed E-state index contributed by atoms with van der Waals surface area (Å²) in [5, 5.41) is 44.4. The van der Waals surface area contributed by atoms with Crippen molar-refractivity contribution >= 4 is 0 Å². The zero-order valence-electron chi connectivity index (χ0n) is 6.24. The molecule has 1 aliphatic heterocycles. The maximum absolute atomic E-state index is 9.12. The van der Waals surface area contributed by atoms with Crippen molar-refractivity contribution in [1.82, 2.24) is 0 Å². The van der Waals surface area contributed by atoms with Gasteiger partial charge in [0.2, 0.25) is 0 Å². The van der Waals surface area contributed by atoms with E-state index in [1.54, 1.807) is 0 Å². The fourth-order valence-corrected chi connectivity index (χ4v) is 1.11. The van der Waals surface area contributed by atoms with Crippen LogP contribution in [0, 0.1) is 0 Å². The van der Waals surface area contributed by atoms with E-state index in [1.807, 2.05) is 0 Å². The molecule has 5 N–H and O–H groups in total. The van der Waals surface area contributed by atoms with Crippen molar-refractivity contribution in [2.24, 2.45) is 0 Å². The molecule has 1 heterocycles. The van der Waals surface area contributed by atoms with Crippen LogP contribution in [0.15, 0.2) is 0 Å². The van der Waals surface area contributed by atoms with Crippen LogP contribution in [0.25, 0.3) is 0 Å². The van der Waals surface area contributed by atoms with Gasteiger partial charge in [-0.15, -0.1) is 0 Å². The number of hydrogen-bond acceptors (Lipinski definition) is 6. The van der Waals surface area contributed by atoms with E-state index >= 15 is 0 Å². The number of aliphatic hydroxyl groups is 5. The minimum absolute atomic E-state index is 0.596. The third-order valence-electron chi connectivity index (χ3n) is 1.84. The molecule has 0 aromatic heterocycles. The van der Waals surface area contributed by atoms with Crippen molar-refractivity contribution in [3.05, 3.63) is 0 Å². The van der Waals surface area contributed by atoms with Gasteiger partial charge in [0.25, 0.3) is 0 Å². The minimum Gasteiger partial charge on any atom is -0.394 e. The Morgan fingerprint density at radius 3 is 2.08 bits per heavy atom. The van der Waals surface area contributed by atoms with Gasteiger partial charge < -0.3 is 30.3 Å². The summed E-state index contributed by atoms with van der Waals surface area (Å²) in [7, 11) is 0. The first kappa shape index (κ1) is 9.85. The molecule has 6 nitrogen and oxygen atoms in total. The lowest BCUT2D eigenvalue weighted by Crippen LogP contribution is -2.40. The molecule has 1 rings (SSSR count). The van der Waals surface area contributed by atoms with Crippen LogP contribution >= 0.6 is 0 Å². The fourth-order valence-electron chi connectivity index (χ4n) is 1.11. The minimum atomic E-state index is -1.51. The van der Waals surface area contributed by atoms with E-state index in [4.69, 9.17) is 25.5 Å². The van der Waals surface area contributed by atoms with Crippen LogP contribution in [-0.4, -0.2) is 62.8 Å². The lowest BCUT2D eigenvalue weighted by Gasteiger charge is -2.18. The second-order valence-corrected chi connectivity index (χ2v) is 2.72. The van der Waals surface area contributed by atoms with Crippen molar-refractivity contribution in [1.29, 1.82) is 0 Å². The van der Waals surface area contributed by atoms with E-state index in [-0.39, 0.29) is 0 Å². The molecule has 0 bridgehead atoms. The van der Waals surface area contributed by atoms with Crippen LogP contribution in [0.1, 0.15) is 0 Å². The van der Waals surface area contributed by atoms with Gasteiger partial charge in [-0.25, -0.2) is 0 Å². The van der Waals surface area contributed by atoms with E-state index in [1.165, 1.54) is 0 Å². The largest absolute Gasteiger partial charge is 0.394 e. The molecule has 0 aliphatic carbocycles. The molecule has 1 aliphatic rings. The highest BCUT2D eigenvalue weighted by Crippen LogP contribution is 2.21. The van der Waals surface area contributed by atoms with E-state index in [0.717, 1.165) is 0 Å². The Kier molecular flexibility index (Phi) is 2.99. The zero-order valence-corrected chi connectivity index (χ0v) is 6.24. The summed E-state index contributed by atoms with van der Waals surface area (Å²) >= 11 is 0. The molecule has 1 saturated heterocycles. The van der Waals surface area contributed by atoms with Crippen molar-refractivity contribution in [3.8, 4) is 0 Å². The van der Waals surface area contributed by atoms with E-state index < -0.39 is 37.3 Å². The second kappa shape index (κ2) is 3.65. The first-order valence-electron chi connectivity index (χ1n) is 3.56. The summed E-state index contributed by atoms with van der Waals surface area (Å²) < 4.78 is 4.58. The van der Waals surface area contributed by atoms with E-state index in [0.29, 0.717) is 0 Å². The van der Waals surface area contributed by atoms with Crippen LogP contribution in [0.4, 0.5) is 0 Å². The first-order chi connectivity index (χ1) is 5.57. The summed E-state index contributed by atoms with van der Waals surface area (Å²) in [6.07, 6.45) is -6.75. The van der Waals surface area contributed by atoms with Crippen molar-refractivity contribution in [2.75, 3.05) is 6.61 Å². The molecule has 0 aromatic carbocycles. The van der Waals surface area contributed by atoms with Gasteiger partial charge in [0.15, 0.2) is 6.29 Å². The zero-order chi connectivity index (χ0) is 9.30. The topological polar surface area (TPSA) is 110 Å². The second-order valence-electron chi connectivity index (χ2n) is 2.72. The highest BCUT2D eigenvalue weighted by Gasteiger charge is 2.44. The van der Waals surface area contributed by atoms with Crippen LogP contribution in [0.3, 0.4) is 0 Å². The molecule has 72 valence electrons. The Bertz CT molecular complexity index is 151. The Hall–Kier alpha value is -0.240. The Balaban J connectivity index is 2.58. The third-order valence-corrected chi connectivity index (χ3v) is 1.84. The average Bonchev–Trinajstić information content (AvgIpc) is 2.32. The summed E-state index contributed by atoms with van der Waals surface area (Å²) in [5.74, 6) is 0. The molecular weight excluding hydrogens is 168 g/mol. The van der Waals surface area contributed by atoms with E-state index in [9.17, 15) is 0 Å². The molecule has 0 spiro atoms. The lowest BCUT2D eigenvalue weighted by molar-refractivity contribution is -0.150. The quantitative estimate of drug-likeness (QED) is 0.306. The summed E-state index contributed by atoms with van der Waals surface area (Å²) in [6.45, 7) is -0.596. The normalized spacial score (nSPS) is 44.8. The van der Waals surface area contributed by atoms with Crippen LogP contribution in [-0.2, 0) is 4.74 Å². The van der Waals surface area contributed by atoms with Crippen molar-refractivity contribution in [3.63, 3.8) is 0 Å². The standard InChI is InChI=1S/C6H12O6/c7-1-2(8)5-3(9)4(10)6(11)12-5/h2-11H,1H2/t2-,3-,4+,5+,6-/m0/s1. The molecule has 6 heteroatoms. The fraction of sp³-hybridized carbons (Fsp3) is 1.00. The molecule has 0 radical (unpaired) electrons. The van der Waals surface area contributed by atoms with Gasteiger partial charge in [-0.1, -0.05) is 0 Å². The highest BCUT2D eigenvalue weighted by molar-refractivity contribution is 4.89. The van der Waals surface area contributed by atoms with Crippen LogP contribution < -0.4 is 0 Å². The number of hydrogen-bond donors (Lipinski definition) is 5. The summed E-state index contributed by atoms with van der Waals surface area (Å²) in [5.41, 5.74) is 0. The van der Waals surface area contributed by atoms with E-state index in [2.05, 4.69) is 4.74 Å². The molecule has 0 aromatic rings. The summed E-state index contributed by atoms with van der Waals surface area (Å²) in [4.78, 5) is 0. The van der Waals surface area contributed by atoms with Gasteiger partial charge in [-0.05, 0) is 0 Å². The Labute approximate surface area is 68.6 Å². The number of ether oxygens (including phenoxy) is 1. The van der Waals surface area contributed by atoms with Gasteiger partial charge >= 0.3 is 0 Å². The monoisotopic (exact) mass is 180 g/mol. The smallest absolute Gasteiger partial charge is 0.184 e. The highest BCUT2D eigenvalue weighted by atomic mass is 16.6.